The van der Waals surface area contributed by atoms with Crippen molar-refractivity contribution in [2.24, 2.45) is 0 Å². The van der Waals surface area contributed by atoms with Crippen molar-refractivity contribution >= 4 is 12.2 Å². The lowest BCUT2D eigenvalue weighted by molar-refractivity contribution is -0.141. The number of aromatic amines is 1. The second kappa shape index (κ2) is 5.01. The van der Waals surface area contributed by atoms with Crippen molar-refractivity contribution in [1.82, 2.24) is 9.97 Å². The second-order valence-electron chi connectivity index (χ2n) is 4.73. The molecule has 0 unspecified atom stereocenters. The smallest absolute Gasteiger partial charge is 0.327 e. The number of nitrogens with one attached hydrogen (secondary N) is 1. The van der Waals surface area contributed by atoms with E-state index < -0.39 is 11.9 Å². The highest BCUT2D eigenvalue weighted by molar-refractivity contribution is 7.71. The molecular formula is C14H13F3N2S. The Kier molecular flexibility index (Phi) is 3.69. The number of H-pyrrole nitrogens is 1. The number of halogens is 3. The Labute approximate surface area is 119 Å². The highest BCUT2D eigenvalue weighted by Gasteiger charge is 2.32. The Balaban J connectivity index is 2.68. The standard InChI is InChI=1S/C14H13F3N2S/c1-7-4-9(3)10(5-8(7)2)11-6-12(14(15,16)17)19-13(20)18-11/h4-6H,1-3H3,(H,18,19,20). The third-order valence-corrected chi connectivity index (χ3v) is 3.36. The zero-order valence-electron chi connectivity index (χ0n) is 11.2. The SMILES string of the molecule is Cc1cc(C)c(-c2cc(C(F)(F)F)[nH]c(=S)n2)cc1C. The lowest BCUT2D eigenvalue weighted by Gasteiger charge is -2.12. The summed E-state index contributed by atoms with van der Waals surface area (Å²) in [5.74, 6) is 0. The van der Waals surface area contributed by atoms with E-state index in [2.05, 4.69) is 9.97 Å². The quantitative estimate of drug-likeness (QED) is 0.770. The first-order valence-corrected chi connectivity index (χ1v) is 6.36. The van der Waals surface area contributed by atoms with Crippen LogP contribution in [0.25, 0.3) is 11.3 Å². The predicted octanol–water partition coefficient (Wildman–Crippen LogP) is 4.75. The molecule has 1 aromatic heterocycles. The molecule has 0 aliphatic carbocycles. The molecule has 0 saturated heterocycles. The molecule has 2 aromatic rings. The van der Waals surface area contributed by atoms with Crippen LogP contribution in [0.1, 0.15) is 22.4 Å². The number of rotatable bonds is 1. The van der Waals surface area contributed by atoms with Crippen molar-refractivity contribution in [3.8, 4) is 11.3 Å². The Morgan fingerprint density at radius 1 is 1.00 bits per heavy atom. The molecule has 0 atom stereocenters. The van der Waals surface area contributed by atoms with Crippen LogP contribution >= 0.6 is 12.2 Å². The van der Waals surface area contributed by atoms with Crippen molar-refractivity contribution in [2.75, 3.05) is 0 Å². The summed E-state index contributed by atoms with van der Waals surface area (Å²) in [6.45, 7) is 5.71. The van der Waals surface area contributed by atoms with E-state index in [1.807, 2.05) is 32.9 Å². The topological polar surface area (TPSA) is 28.7 Å². The normalized spacial score (nSPS) is 11.7. The summed E-state index contributed by atoms with van der Waals surface area (Å²) in [4.78, 5) is 6.09. The van der Waals surface area contributed by atoms with Crippen LogP contribution in [0, 0.1) is 25.5 Å². The molecular weight excluding hydrogens is 285 g/mol. The van der Waals surface area contributed by atoms with Crippen molar-refractivity contribution in [1.29, 1.82) is 0 Å². The van der Waals surface area contributed by atoms with Gasteiger partial charge in [0.15, 0.2) is 4.77 Å². The summed E-state index contributed by atoms with van der Waals surface area (Å²) in [5, 5.41) is 0. The predicted molar refractivity (Wildman–Crippen MR) is 74.1 cm³/mol. The molecule has 2 nitrogen and oxygen atoms in total. The molecule has 1 aromatic carbocycles. The van der Waals surface area contributed by atoms with E-state index in [1.165, 1.54) is 0 Å². The molecule has 0 radical (unpaired) electrons. The average Bonchev–Trinajstić information content (AvgIpc) is 2.32. The molecule has 0 saturated carbocycles. The number of aryl methyl sites for hydroxylation is 3. The third-order valence-electron chi connectivity index (χ3n) is 3.17. The minimum atomic E-state index is -4.47. The van der Waals surface area contributed by atoms with Gasteiger partial charge in [0.25, 0.3) is 0 Å². The van der Waals surface area contributed by atoms with Gasteiger partial charge in [-0.3, -0.25) is 0 Å². The first-order valence-electron chi connectivity index (χ1n) is 5.95. The maximum absolute atomic E-state index is 12.8. The van der Waals surface area contributed by atoms with Gasteiger partial charge in [0.1, 0.15) is 5.69 Å². The Hall–Kier alpha value is -1.69. The summed E-state index contributed by atoms with van der Waals surface area (Å²) < 4.78 is 38.2. The molecule has 0 bridgehead atoms. The highest BCUT2D eigenvalue weighted by atomic mass is 32.1. The average molecular weight is 298 g/mol. The summed E-state index contributed by atoms with van der Waals surface area (Å²) >= 11 is 4.79. The Bertz CT molecular complexity index is 717. The Morgan fingerprint density at radius 2 is 1.60 bits per heavy atom. The van der Waals surface area contributed by atoms with Gasteiger partial charge in [0.05, 0.1) is 5.69 Å². The van der Waals surface area contributed by atoms with Gasteiger partial charge >= 0.3 is 6.18 Å². The van der Waals surface area contributed by atoms with Gasteiger partial charge in [-0.1, -0.05) is 6.07 Å². The van der Waals surface area contributed by atoms with Crippen molar-refractivity contribution in [3.63, 3.8) is 0 Å². The van der Waals surface area contributed by atoms with Crippen LogP contribution in [0.2, 0.25) is 0 Å². The van der Waals surface area contributed by atoms with E-state index in [9.17, 15) is 13.2 Å². The van der Waals surface area contributed by atoms with Crippen molar-refractivity contribution in [2.45, 2.75) is 26.9 Å². The number of alkyl halides is 3. The molecule has 1 heterocycles. The van der Waals surface area contributed by atoms with Gasteiger partial charge in [-0.25, -0.2) is 4.98 Å². The fraction of sp³-hybridized carbons (Fsp3) is 0.286. The van der Waals surface area contributed by atoms with E-state index in [-0.39, 0.29) is 10.5 Å². The van der Waals surface area contributed by atoms with E-state index in [1.54, 1.807) is 0 Å². The molecule has 20 heavy (non-hydrogen) atoms. The Morgan fingerprint density at radius 3 is 2.20 bits per heavy atom. The first kappa shape index (κ1) is 14.7. The largest absolute Gasteiger partial charge is 0.431 e. The maximum atomic E-state index is 12.8. The number of benzene rings is 1. The minimum Gasteiger partial charge on any atom is -0.327 e. The second-order valence-corrected chi connectivity index (χ2v) is 5.12. The summed E-state index contributed by atoms with van der Waals surface area (Å²) in [6.07, 6.45) is -4.47. The molecule has 2 rings (SSSR count). The van der Waals surface area contributed by atoms with Gasteiger partial charge in [0.2, 0.25) is 0 Å². The van der Waals surface area contributed by atoms with E-state index in [0.717, 1.165) is 22.8 Å². The van der Waals surface area contributed by atoms with E-state index >= 15 is 0 Å². The van der Waals surface area contributed by atoms with Gasteiger partial charge in [-0.2, -0.15) is 13.2 Å². The lowest BCUT2D eigenvalue weighted by Crippen LogP contribution is -2.09. The zero-order chi connectivity index (χ0) is 15.1. The van der Waals surface area contributed by atoms with Crippen LogP contribution in [-0.2, 0) is 6.18 Å². The molecule has 1 N–H and O–H groups in total. The number of hydrogen-bond acceptors (Lipinski definition) is 2. The monoisotopic (exact) mass is 298 g/mol. The van der Waals surface area contributed by atoms with Gasteiger partial charge in [-0.15, -0.1) is 0 Å². The van der Waals surface area contributed by atoms with Crippen LogP contribution in [-0.4, -0.2) is 9.97 Å². The molecule has 0 aliphatic heterocycles. The van der Waals surface area contributed by atoms with Gasteiger partial charge in [-0.05, 0) is 61.8 Å². The van der Waals surface area contributed by atoms with Crippen LogP contribution in [0.4, 0.5) is 13.2 Å². The lowest BCUT2D eigenvalue weighted by atomic mass is 9.98. The summed E-state index contributed by atoms with van der Waals surface area (Å²) in [5.41, 5.74) is 2.97. The fourth-order valence-corrected chi connectivity index (χ4v) is 2.19. The first-order chi connectivity index (χ1) is 9.18. The number of aromatic nitrogens is 2. The van der Waals surface area contributed by atoms with Crippen molar-refractivity contribution < 1.29 is 13.2 Å². The van der Waals surface area contributed by atoms with Crippen LogP contribution in [0.15, 0.2) is 18.2 Å². The molecule has 6 heteroatoms. The molecule has 106 valence electrons. The number of hydrogen-bond donors (Lipinski definition) is 1. The third kappa shape index (κ3) is 2.90. The summed E-state index contributed by atoms with van der Waals surface area (Å²) in [6, 6.07) is 4.76. The molecule has 0 amide bonds. The van der Waals surface area contributed by atoms with Gasteiger partial charge < -0.3 is 4.98 Å². The number of nitrogens with zero attached hydrogens (tertiary/aromatic N) is 1. The highest BCUT2D eigenvalue weighted by Crippen LogP contribution is 2.31. The van der Waals surface area contributed by atoms with E-state index in [4.69, 9.17) is 12.2 Å². The minimum absolute atomic E-state index is 0.174. The van der Waals surface area contributed by atoms with Crippen molar-refractivity contribution in [3.05, 3.63) is 45.4 Å². The van der Waals surface area contributed by atoms with Crippen LogP contribution in [0.3, 0.4) is 0 Å². The molecule has 0 aliphatic rings. The molecule has 0 fully saturated rings. The summed E-state index contributed by atoms with van der Waals surface area (Å²) in [7, 11) is 0. The molecule has 0 spiro atoms. The van der Waals surface area contributed by atoms with Crippen LogP contribution < -0.4 is 0 Å². The maximum Gasteiger partial charge on any atom is 0.431 e. The van der Waals surface area contributed by atoms with Gasteiger partial charge in [0, 0.05) is 5.56 Å². The van der Waals surface area contributed by atoms with Crippen LogP contribution in [0.5, 0.6) is 0 Å². The fourth-order valence-electron chi connectivity index (χ4n) is 1.98. The zero-order valence-corrected chi connectivity index (χ0v) is 12.0. The van der Waals surface area contributed by atoms with E-state index in [0.29, 0.717) is 5.56 Å².